The molecule has 0 unspecified atom stereocenters. The van der Waals surface area contributed by atoms with E-state index in [1.54, 1.807) is 19.5 Å². The molecular formula is C20H20N6O2S. The number of thioether (sulfide) groups is 1. The monoisotopic (exact) mass is 408 g/mol. The number of ether oxygens (including phenoxy) is 1. The van der Waals surface area contributed by atoms with Crippen LogP contribution >= 0.6 is 11.8 Å². The van der Waals surface area contributed by atoms with Gasteiger partial charge in [-0.1, -0.05) is 42.1 Å². The lowest BCUT2D eigenvalue weighted by molar-refractivity contribution is 0.185. The van der Waals surface area contributed by atoms with Crippen molar-refractivity contribution in [3.8, 4) is 11.4 Å². The highest BCUT2D eigenvalue weighted by atomic mass is 32.2. The molecule has 0 aliphatic carbocycles. The molecule has 3 heterocycles. The lowest BCUT2D eigenvalue weighted by Crippen LogP contribution is -2.07. The second-order valence-corrected chi connectivity index (χ2v) is 7.17. The van der Waals surface area contributed by atoms with E-state index in [0.29, 0.717) is 37.1 Å². The molecule has 8 nitrogen and oxygen atoms in total. The van der Waals surface area contributed by atoms with E-state index >= 15 is 0 Å². The quantitative estimate of drug-likeness (QED) is 0.390. The Hall–Kier alpha value is -3.04. The molecule has 9 heteroatoms. The van der Waals surface area contributed by atoms with Crippen molar-refractivity contribution in [3.63, 3.8) is 0 Å². The van der Waals surface area contributed by atoms with E-state index in [1.807, 2.05) is 47.0 Å². The van der Waals surface area contributed by atoms with Gasteiger partial charge in [-0.15, -0.1) is 20.4 Å². The minimum Gasteiger partial charge on any atom is -0.424 e. The topological polar surface area (TPSA) is 91.8 Å². The number of nitrogens with zero attached hydrogens (tertiary/aromatic N) is 6. The molecule has 4 aromatic rings. The van der Waals surface area contributed by atoms with E-state index in [1.165, 1.54) is 11.8 Å². The van der Waals surface area contributed by atoms with Crippen molar-refractivity contribution in [2.45, 2.75) is 23.9 Å². The molecule has 1 aromatic carbocycles. The molecule has 29 heavy (non-hydrogen) atoms. The number of methoxy groups -OCH3 is 1. The largest absolute Gasteiger partial charge is 0.424 e. The van der Waals surface area contributed by atoms with Crippen LogP contribution in [0.3, 0.4) is 0 Å². The molecule has 0 atom stereocenters. The first-order chi connectivity index (χ1) is 14.3. The molecular weight excluding hydrogens is 388 g/mol. The standard InChI is InChI=1S/C20H20N6O2S/c1-27-12-11-26-19(16-7-9-21-10-8-16)24-25-20(26)29-14-18-23-22-17(28-18)13-15-5-3-2-4-6-15/h2-10H,11-14H2,1H3. The van der Waals surface area contributed by atoms with Crippen LogP contribution in [0.1, 0.15) is 17.3 Å². The number of benzene rings is 1. The third-order valence-corrected chi connectivity index (χ3v) is 5.16. The van der Waals surface area contributed by atoms with Crippen LogP contribution in [0, 0.1) is 0 Å². The van der Waals surface area contributed by atoms with Gasteiger partial charge in [0, 0.05) is 25.1 Å². The summed E-state index contributed by atoms with van der Waals surface area (Å²) in [5, 5.41) is 17.8. The van der Waals surface area contributed by atoms with Crippen LogP contribution < -0.4 is 0 Å². The molecule has 4 rings (SSSR count). The van der Waals surface area contributed by atoms with Gasteiger partial charge in [0.1, 0.15) is 0 Å². The molecule has 0 bridgehead atoms. The molecule has 0 fully saturated rings. The summed E-state index contributed by atoms with van der Waals surface area (Å²) in [6.45, 7) is 1.21. The van der Waals surface area contributed by atoms with Crippen molar-refractivity contribution in [2.24, 2.45) is 0 Å². The van der Waals surface area contributed by atoms with Crippen LogP contribution in [-0.2, 0) is 23.5 Å². The number of aromatic nitrogens is 6. The second kappa shape index (κ2) is 9.44. The minimum atomic E-state index is 0.517. The third kappa shape index (κ3) is 4.87. The minimum absolute atomic E-state index is 0.517. The Morgan fingerprint density at radius 3 is 2.55 bits per heavy atom. The molecule has 3 aromatic heterocycles. The van der Waals surface area contributed by atoms with Crippen molar-refractivity contribution in [2.75, 3.05) is 13.7 Å². The van der Waals surface area contributed by atoms with Crippen LogP contribution in [0.25, 0.3) is 11.4 Å². The van der Waals surface area contributed by atoms with Crippen molar-refractivity contribution in [3.05, 3.63) is 72.2 Å². The lowest BCUT2D eigenvalue weighted by Gasteiger charge is -2.09. The predicted octanol–water partition coefficient (Wildman–Crippen LogP) is 3.25. The molecule has 0 saturated heterocycles. The highest BCUT2D eigenvalue weighted by molar-refractivity contribution is 7.98. The maximum Gasteiger partial charge on any atom is 0.226 e. The first kappa shape index (κ1) is 19.3. The van der Waals surface area contributed by atoms with Gasteiger partial charge in [-0.2, -0.15) is 0 Å². The summed E-state index contributed by atoms with van der Waals surface area (Å²) in [5.41, 5.74) is 2.09. The third-order valence-electron chi connectivity index (χ3n) is 4.21. The van der Waals surface area contributed by atoms with Gasteiger partial charge in [-0.25, -0.2) is 0 Å². The highest BCUT2D eigenvalue weighted by Gasteiger charge is 2.16. The fourth-order valence-corrected chi connectivity index (χ4v) is 3.61. The van der Waals surface area contributed by atoms with Crippen molar-refractivity contribution in [1.82, 2.24) is 29.9 Å². The number of rotatable bonds is 9. The number of hydrogen-bond donors (Lipinski definition) is 0. The maximum atomic E-state index is 5.79. The van der Waals surface area contributed by atoms with Gasteiger partial charge in [0.15, 0.2) is 11.0 Å². The Morgan fingerprint density at radius 1 is 0.966 bits per heavy atom. The van der Waals surface area contributed by atoms with Crippen molar-refractivity contribution >= 4 is 11.8 Å². The first-order valence-corrected chi connectivity index (χ1v) is 10.1. The van der Waals surface area contributed by atoms with E-state index < -0.39 is 0 Å². The summed E-state index contributed by atoms with van der Waals surface area (Å²) < 4.78 is 13.1. The summed E-state index contributed by atoms with van der Waals surface area (Å²) in [4.78, 5) is 4.06. The maximum absolute atomic E-state index is 5.79. The summed E-state index contributed by atoms with van der Waals surface area (Å²) >= 11 is 1.51. The summed E-state index contributed by atoms with van der Waals surface area (Å²) in [7, 11) is 1.68. The summed E-state index contributed by atoms with van der Waals surface area (Å²) in [5.74, 6) is 2.46. The van der Waals surface area contributed by atoms with Gasteiger partial charge in [0.2, 0.25) is 11.8 Å². The van der Waals surface area contributed by atoms with E-state index in [-0.39, 0.29) is 0 Å². The SMILES string of the molecule is COCCn1c(SCc2nnc(Cc3ccccc3)o2)nnc1-c1ccncc1. The average molecular weight is 408 g/mol. The highest BCUT2D eigenvalue weighted by Crippen LogP contribution is 2.26. The molecule has 0 spiro atoms. The van der Waals surface area contributed by atoms with Gasteiger partial charge in [-0.3, -0.25) is 9.55 Å². The molecule has 0 aliphatic heterocycles. The fraction of sp³-hybridized carbons (Fsp3) is 0.250. The van der Waals surface area contributed by atoms with Gasteiger partial charge in [0.25, 0.3) is 0 Å². The van der Waals surface area contributed by atoms with Gasteiger partial charge in [0.05, 0.1) is 25.3 Å². The molecule has 0 amide bonds. The van der Waals surface area contributed by atoms with E-state index in [0.717, 1.165) is 22.1 Å². The van der Waals surface area contributed by atoms with Gasteiger partial charge < -0.3 is 9.15 Å². The summed E-state index contributed by atoms with van der Waals surface area (Å²) in [6.07, 6.45) is 4.10. The molecule has 0 saturated carbocycles. The lowest BCUT2D eigenvalue weighted by atomic mass is 10.2. The van der Waals surface area contributed by atoms with E-state index in [4.69, 9.17) is 9.15 Å². The number of pyridine rings is 1. The normalized spacial score (nSPS) is 11.1. The second-order valence-electron chi connectivity index (χ2n) is 6.23. The van der Waals surface area contributed by atoms with Crippen molar-refractivity contribution < 1.29 is 9.15 Å². The Labute approximate surface area is 172 Å². The first-order valence-electron chi connectivity index (χ1n) is 9.14. The number of hydrogen-bond acceptors (Lipinski definition) is 8. The van der Waals surface area contributed by atoms with Crippen LogP contribution in [0.15, 0.2) is 64.4 Å². The van der Waals surface area contributed by atoms with Gasteiger partial charge >= 0.3 is 0 Å². The zero-order chi connectivity index (χ0) is 19.9. The zero-order valence-electron chi connectivity index (χ0n) is 15.9. The Bertz CT molecular complexity index is 1040. The van der Waals surface area contributed by atoms with Gasteiger partial charge in [-0.05, 0) is 17.7 Å². The predicted molar refractivity (Wildman–Crippen MR) is 108 cm³/mol. The molecule has 0 aliphatic rings. The Kier molecular flexibility index (Phi) is 6.28. The van der Waals surface area contributed by atoms with Crippen molar-refractivity contribution in [1.29, 1.82) is 0 Å². The molecule has 148 valence electrons. The summed E-state index contributed by atoms with van der Waals surface area (Å²) in [6, 6.07) is 13.9. The average Bonchev–Trinajstić information content (AvgIpc) is 3.38. The van der Waals surface area contributed by atoms with Crippen LogP contribution in [-0.4, -0.2) is 43.7 Å². The Morgan fingerprint density at radius 2 is 1.76 bits per heavy atom. The van der Waals surface area contributed by atoms with Crippen LogP contribution in [0.4, 0.5) is 0 Å². The van der Waals surface area contributed by atoms with Crippen LogP contribution in [0.2, 0.25) is 0 Å². The fourth-order valence-electron chi connectivity index (χ4n) is 2.81. The molecule has 0 N–H and O–H groups in total. The van der Waals surface area contributed by atoms with Crippen LogP contribution in [0.5, 0.6) is 0 Å². The Balaban J connectivity index is 1.46. The van der Waals surface area contributed by atoms with E-state index in [9.17, 15) is 0 Å². The molecule has 0 radical (unpaired) electrons. The van der Waals surface area contributed by atoms with E-state index in [2.05, 4.69) is 25.4 Å². The smallest absolute Gasteiger partial charge is 0.226 e. The zero-order valence-corrected chi connectivity index (χ0v) is 16.7.